The summed E-state index contributed by atoms with van der Waals surface area (Å²) in [7, 11) is 0. The predicted molar refractivity (Wildman–Crippen MR) is 97.6 cm³/mol. The lowest BCUT2D eigenvalue weighted by molar-refractivity contribution is 0.914. The topological polar surface area (TPSA) is 50.7 Å². The molecule has 1 N–H and O–H groups in total. The Morgan fingerprint density at radius 3 is 2.91 bits per heavy atom. The average molecular weight is 347 g/mol. The SMILES string of the molecule is CCc1nc(NCc2ccccn2)c2c3c(sc2n1)CCC3.Cl. The van der Waals surface area contributed by atoms with Crippen LogP contribution in [0.1, 0.15) is 35.3 Å². The zero-order chi connectivity index (χ0) is 14.9. The van der Waals surface area contributed by atoms with Crippen molar-refractivity contribution < 1.29 is 0 Å². The molecular weight excluding hydrogens is 328 g/mol. The monoisotopic (exact) mass is 346 g/mol. The Morgan fingerprint density at radius 1 is 1.22 bits per heavy atom. The van der Waals surface area contributed by atoms with Gasteiger partial charge in [0.2, 0.25) is 0 Å². The molecule has 1 aliphatic rings. The summed E-state index contributed by atoms with van der Waals surface area (Å²) in [4.78, 5) is 16.5. The van der Waals surface area contributed by atoms with Crippen molar-refractivity contribution >= 4 is 39.8 Å². The summed E-state index contributed by atoms with van der Waals surface area (Å²) in [5, 5.41) is 4.73. The van der Waals surface area contributed by atoms with E-state index in [0.717, 1.165) is 35.0 Å². The highest BCUT2D eigenvalue weighted by molar-refractivity contribution is 7.19. The number of halogens is 1. The van der Waals surface area contributed by atoms with Crippen LogP contribution >= 0.6 is 23.7 Å². The van der Waals surface area contributed by atoms with E-state index in [9.17, 15) is 0 Å². The van der Waals surface area contributed by atoms with Gasteiger partial charge in [-0.3, -0.25) is 4.98 Å². The maximum atomic E-state index is 4.74. The molecule has 0 spiro atoms. The average Bonchev–Trinajstić information content (AvgIpc) is 3.13. The number of thiophene rings is 1. The fourth-order valence-electron chi connectivity index (χ4n) is 3.00. The lowest BCUT2D eigenvalue weighted by Gasteiger charge is -2.09. The molecule has 3 heterocycles. The quantitative estimate of drug-likeness (QED) is 0.770. The number of aryl methyl sites for hydroxylation is 3. The molecule has 0 atom stereocenters. The Kier molecular flexibility index (Phi) is 4.78. The Morgan fingerprint density at radius 2 is 2.13 bits per heavy atom. The van der Waals surface area contributed by atoms with Gasteiger partial charge in [0.1, 0.15) is 16.5 Å². The van der Waals surface area contributed by atoms with Gasteiger partial charge in [-0.15, -0.1) is 23.7 Å². The highest BCUT2D eigenvalue weighted by Gasteiger charge is 2.22. The molecule has 0 bridgehead atoms. The summed E-state index contributed by atoms with van der Waals surface area (Å²) in [6.45, 7) is 2.80. The third-order valence-electron chi connectivity index (χ3n) is 4.09. The van der Waals surface area contributed by atoms with Gasteiger partial charge in [0.05, 0.1) is 17.6 Å². The van der Waals surface area contributed by atoms with Crippen LogP contribution in [0.3, 0.4) is 0 Å². The minimum Gasteiger partial charge on any atom is -0.364 e. The number of anilines is 1. The number of aromatic nitrogens is 3. The lowest BCUT2D eigenvalue weighted by Crippen LogP contribution is -2.06. The second-order valence-electron chi connectivity index (χ2n) is 5.55. The minimum atomic E-state index is 0. The fourth-order valence-corrected chi connectivity index (χ4v) is 4.28. The molecule has 0 saturated carbocycles. The third kappa shape index (κ3) is 3.03. The van der Waals surface area contributed by atoms with Crippen molar-refractivity contribution in [3.8, 4) is 0 Å². The molecule has 120 valence electrons. The third-order valence-corrected chi connectivity index (χ3v) is 5.28. The van der Waals surface area contributed by atoms with Gasteiger partial charge >= 0.3 is 0 Å². The number of hydrogen-bond donors (Lipinski definition) is 1. The van der Waals surface area contributed by atoms with Crippen molar-refractivity contribution in [3.05, 3.63) is 46.4 Å². The van der Waals surface area contributed by atoms with Crippen molar-refractivity contribution in [2.45, 2.75) is 39.2 Å². The van der Waals surface area contributed by atoms with Crippen LogP contribution in [-0.2, 0) is 25.8 Å². The zero-order valence-corrected chi connectivity index (χ0v) is 14.6. The highest BCUT2D eigenvalue weighted by Crippen LogP contribution is 2.39. The molecule has 3 aromatic rings. The Hall–Kier alpha value is -1.72. The Labute approximate surface area is 145 Å². The van der Waals surface area contributed by atoms with Gasteiger partial charge in [0, 0.05) is 17.5 Å². The van der Waals surface area contributed by atoms with Crippen molar-refractivity contribution in [1.82, 2.24) is 15.0 Å². The fraction of sp³-hybridized carbons (Fsp3) is 0.353. The molecular formula is C17H19ClN4S. The summed E-state index contributed by atoms with van der Waals surface area (Å²) >= 11 is 1.85. The lowest BCUT2D eigenvalue weighted by atomic mass is 10.2. The van der Waals surface area contributed by atoms with Crippen LogP contribution in [0.25, 0.3) is 10.2 Å². The summed E-state index contributed by atoms with van der Waals surface area (Å²) in [5.41, 5.74) is 2.49. The maximum absolute atomic E-state index is 4.74. The first-order chi connectivity index (χ1) is 10.8. The first-order valence-corrected chi connectivity index (χ1v) is 8.61. The first kappa shape index (κ1) is 16.1. The summed E-state index contributed by atoms with van der Waals surface area (Å²) in [5.74, 6) is 1.89. The molecule has 4 nitrogen and oxygen atoms in total. The number of hydrogen-bond acceptors (Lipinski definition) is 5. The number of fused-ring (bicyclic) bond motifs is 3. The van der Waals surface area contributed by atoms with E-state index in [0.29, 0.717) is 6.54 Å². The number of nitrogens with one attached hydrogen (secondary N) is 1. The van der Waals surface area contributed by atoms with E-state index in [2.05, 4.69) is 17.2 Å². The van der Waals surface area contributed by atoms with Crippen molar-refractivity contribution in [3.63, 3.8) is 0 Å². The van der Waals surface area contributed by atoms with Crippen LogP contribution in [0.2, 0.25) is 0 Å². The second kappa shape index (κ2) is 6.81. The normalized spacial score (nSPS) is 12.9. The van der Waals surface area contributed by atoms with Crippen LogP contribution in [0, 0.1) is 0 Å². The van der Waals surface area contributed by atoms with Crippen molar-refractivity contribution in [2.75, 3.05) is 5.32 Å². The molecule has 3 aromatic heterocycles. The van der Waals surface area contributed by atoms with E-state index in [1.54, 1.807) is 0 Å². The second-order valence-corrected chi connectivity index (χ2v) is 6.64. The molecule has 0 aromatic carbocycles. The van der Waals surface area contributed by atoms with Crippen LogP contribution < -0.4 is 5.32 Å². The summed E-state index contributed by atoms with van der Waals surface area (Å²) in [6, 6.07) is 5.98. The maximum Gasteiger partial charge on any atom is 0.139 e. The summed E-state index contributed by atoms with van der Waals surface area (Å²) < 4.78 is 0. The van der Waals surface area contributed by atoms with Gasteiger partial charge < -0.3 is 5.32 Å². The van der Waals surface area contributed by atoms with Gasteiger partial charge in [-0.05, 0) is 37.0 Å². The van der Waals surface area contributed by atoms with Gasteiger partial charge in [-0.25, -0.2) is 9.97 Å². The first-order valence-electron chi connectivity index (χ1n) is 7.80. The molecule has 0 unspecified atom stereocenters. The van der Waals surface area contributed by atoms with E-state index in [1.165, 1.54) is 28.7 Å². The van der Waals surface area contributed by atoms with Crippen molar-refractivity contribution in [2.24, 2.45) is 0 Å². The Bertz CT molecular complexity index is 816. The number of pyridine rings is 1. The van der Waals surface area contributed by atoms with Crippen LogP contribution in [-0.4, -0.2) is 15.0 Å². The van der Waals surface area contributed by atoms with Crippen molar-refractivity contribution in [1.29, 1.82) is 0 Å². The standard InChI is InChI=1S/C17H18N4S.ClH/c1-2-14-20-16(19-10-11-6-3-4-9-18-11)15-12-7-5-8-13(12)22-17(15)21-14;/h3-4,6,9H,2,5,7-8,10H2,1H3,(H,19,20,21);1H. The molecule has 1 aliphatic carbocycles. The Balaban J connectivity index is 0.00000156. The molecule has 6 heteroatoms. The molecule has 0 saturated heterocycles. The van der Waals surface area contributed by atoms with Crippen LogP contribution in [0.5, 0.6) is 0 Å². The van der Waals surface area contributed by atoms with E-state index in [1.807, 2.05) is 35.7 Å². The largest absolute Gasteiger partial charge is 0.364 e. The molecule has 0 radical (unpaired) electrons. The number of rotatable bonds is 4. The molecule has 0 fully saturated rings. The summed E-state index contributed by atoms with van der Waals surface area (Å²) in [6.07, 6.45) is 6.29. The van der Waals surface area contributed by atoms with Crippen LogP contribution in [0.4, 0.5) is 5.82 Å². The van der Waals surface area contributed by atoms with Gasteiger partial charge in [0.15, 0.2) is 0 Å². The van der Waals surface area contributed by atoms with E-state index >= 15 is 0 Å². The van der Waals surface area contributed by atoms with E-state index in [4.69, 9.17) is 9.97 Å². The van der Waals surface area contributed by atoms with Crippen LogP contribution in [0.15, 0.2) is 24.4 Å². The molecule has 4 rings (SSSR count). The van der Waals surface area contributed by atoms with Gasteiger partial charge in [-0.1, -0.05) is 13.0 Å². The predicted octanol–water partition coefficient (Wildman–Crippen LogP) is 4.17. The van der Waals surface area contributed by atoms with E-state index in [-0.39, 0.29) is 12.4 Å². The highest BCUT2D eigenvalue weighted by atomic mass is 35.5. The van der Waals surface area contributed by atoms with Gasteiger partial charge in [0.25, 0.3) is 0 Å². The zero-order valence-electron chi connectivity index (χ0n) is 13.0. The molecule has 0 amide bonds. The molecule has 0 aliphatic heterocycles. The smallest absolute Gasteiger partial charge is 0.139 e. The number of nitrogens with zero attached hydrogens (tertiary/aromatic N) is 3. The van der Waals surface area contributed by atoms with Gasteiger partial charge in [-0.2, -0.15) is 0 Å². The minimum absolute atomic E-state index is 0. The van der Waals surface area contributed by atoms with E-state index < -0.39 is 0 Å². The molecule has 23 heavy (non-hydrogen) atoms.